The second kappa shape index (κ2) is 6.10. The van der Waals surface area contributed by atoms with Crippen molar-refractivity contribution in [1.82, 2.24) is 15.2 Å². The molecule has 2 rings (SSSR count). The summed E-state index contributed by atoms with van der Waals surface area (Å²) in [5, 5.41) is 12.8. The molecule has 4 heteroatoms. The van der Waals surface area contributed by atoms with Crippen LogP contribution < -0.4 is 5.32 Å². The van der Waals surface area contributed by atoms with E-state index >= 15 is 0 Å². The van der Waals surface area contributed by atoms with Crippen LogP contribution in [0.1, 0.15) is 12.0 Å². The third-order valence-electron chi connectivity index (χ3n) is 3.26. The molecule has 0 aromatic carbocycles. The standard InChI is InChI=1S/C13H21N3O/c1-16(10-12-8-13(17)9-15-12)7-4-11-2-5-14-6-3-11/h2-3,5-6,12-13,15,17H,4,7-10H2,1H3. The highest BCUT2D eigenvalue weighted by atomic mass is 16.3. The predicted octanol–water partition coefficient (Wildman–Crippen LogP) is 0.279. The average Bonchev–Trinajstić information content (AvgIpc) is 2.73. The van der Waals surface area contributed by atoms with Gasteiger partial charge < -0.3 is 15.3 Å². The lowest BCUT2D eigenvalue weighted by molar-refractivity contribution is 0.189. The largest absolute Gasteiger partial charge is 0.392 e. The molecule has 1 aliphatic rings. The molecule has 17 heavy (non-hydrogen) atoms. The zero-order valence-electron chi connectivity index (χ0n) is 10.3. The summed E-state index contributed by atoms with van der Waals surface area (Å²) in [6, 6.07) is 4.56. The van der Waals surface area contributed by atoms with Gasteiger partial charge in [0.15, 0.2) is 0 Å². The number of aliphatic hydroxyl groups is 1. The molecule has 0 spiro atoms. The first-order valence-corrected chi connectivity index (χ1v) is 6.23. The molecule has 1 fully saturated rings. The molecule has 1 aromatic heterocycles. The Kier molecular flexibility index (Phi) is 4.48. The average molecular weight is 235 g/mol. The minimum atomic E-state index is -0.159. The van der Waals surface area contributed by atoms with Crippen LogP contribution in [0.3, 0.4) is 0 Å². The Morgan fingerprint density at radius 2 is 2.24 bits per heavy atom. The zero-order valence-corrected chi connectivity index (χ0v) is 10.3. The van der Waals surface area contributed by atoms with Crippen molar-refractivity contribution in [3.63, 3.8) is 0 Å². The van der Waals surface area contributed by atoms with Crippen molar-refractivity contribution < 1.29 is 5.11 Å². The fraction of sp³-hybridized carbons (Fsp3) is 0.615. The van der Waals surface area contributed by atoms with Gasteiger partial charge in [0.1, 0.15) is 0 Å². The van der Waals surface area contributed by atoms with E-state index in [-0.39, 0.29) is 6.10 Å². The van der Waals surface area contributed by atoms with Gasteiger partial charge >= 0.3 is 0 Å². The summed E-state index contributed by atoms with van der Waals surface area (Å²) < 4.78 is 0. The summed E-state index contributed by atoms with van der Waals surface area (Å²) >= 11 is 0. The summed E-state index contributed by atoms with van der Waals surface area (Å²) in [7, 11) is 2.13. The third kappa shape index (κ3) is 4.07. The Hall–Kier alpha value is -0.970. The van der Waals surface area contributed by atoms with Crippen LogP contribution >= 0.6 is 0 Å². The van der Waals surface area contributed by atoms with E-state index in [4.69, 9.17) is 0 Å². The predicted molar refractivity (Wildman–Crippen MR) is 67.9 cm³/mol. The Morgan fingerprint density at radius 1 is 1.47 bits per heavy atom. The quantitative estimate of drug-likeness (QED) is 0.769. The number of hydrogen-bond donors (Lipinski definition) is 2. The van der Waals surface area contributed by atoms with Gasteiger partial charge in [0.2, 0.25) is 0 Å². The van der Waals surface area contributed by atoms with Gasteiger partial charge in [-0.3, -0.25) is 4.98 Å². The van der Waals surface area contributed by atoms with E-state index < -0.39 is 0 Å². The van der Waals surface area contributed by atoms with Gasteiger partial charge in [-0.1, -0.05) is 0 Å². The number of rotatable bonds is 5. The van der Waals surface area contributed by atoms with E-state index in [1.165, 1.54) is 5.56 Å². The summed E-state index contributed by atoms with van der Waals surface area (Å²) in [6.07, 6.45) is 5.44. The smallest absolute Gasteiger partial charge is 0.0680 e. The molecular weight excluding hydrogens is 214 g/mol. The first kappa shape index (κ1) is 12.5. The van der Waals surface area contributed by atoms with Crippen LogP contribution in [-0.4, -0.2) is 53.8 Å². The summed E-state index contributed by atoms with van der Waals surface area (Å²) in [5.41, 5.74) is 1.33. The van der Waals surface area contributed by atoms with E-state index in [9.17, 15) is 5.11 Å². The lowest BCUT2D eigenvalue weighted by Gasteiger charge is -2.20. The van der Waals surface area contributed by atoms with Gasteiger partial charge in [-0.2, -0.15) is 0 Å². The summed E-state index contributed by atoms with van der Waals surface area (Å²) in [5.74, 6) is 0. The molecule has 1 saturated heterocycles. The number of pyridine rings is 1. The molecule has 0 saturated carbocycles. The first-order valence-electron chi connectivity index (χ1n) is 6.23. The zero-order chi connectivity index (χ0) is 12.1. The van der Waals surface area contributed by atoms with Crippen LogP contribution in [-0.2, 0) is 6.42 Å². The van der Waals surface area contributed by atoms with Crippen LogP contribution in [0.25, 0.3) is 0 Å². The Labute approximate surface area is 103 Å². The van der Waals surface area contributed by atoms with Crippen molar-refractivity contribution in [2.75, 3.05) is 26.7 Å². The number of likely N-dealkylation sites (N-methyl/N-ethyl adjacent to an activating group) is 1. The molecule has 0 aliphatic carbocycles. The topological polar surface area (TPSA) is 48.4 Å². The maximum absolute atomic E-state index is 9.43. The maximum atomic E-state index is 9.43. The highest BCUT2D eigenvalue weighted by Crippen LogP contribution is 2.07. The van der Waals surface area contributed by atoms with Crippen molar-refractivity contribution in [3.05, 3.63) is 30.1 Å². The third-order valence-corrected chi connectivity index (χ3v) is 3.26. The fourth-order valence-corrected chi connectivity index (χ4v) is 2.27. The van der Waals surface area contributed by atoms with E-state index in [2.05, 4.69) is 34.4 Å². The van der Waals surface area contributed by atoms with Crippen molar-refractivity contribution in [1.29, 1.82) is 0 Å². The minimum absolute atomic E-state index is 0.159. The molecule has 2 heterocycles. The molecule has 0 radical (unpaired) electrons. The van der Waals surface area contributed by atoms with Crippen molar-refractivity contribution in [2.24, 2.45) is 0 Å². The summed E-state index contributed by atoms with van der Waals surface area (Å²) in [4.78, 5) is 6.33. The normalized spacial score (nSPS) is 24.4. The molecule has 2 atom stereocenters. The number of nitrogens with zero attached hydrogens (tertiary/aromatic N) is 2. The fourth-order valence-electron chi connectivity index (χ4n) is 2.27. The van der Waals surface area contributed by atoms with Crippen LogP contribution in [0, 0.1) is 0 Å². The van der Waals surface area contributed by atoms with Gasteiger partial charge in [0, 0.05) is 38.1 Å². The Balaban J connectivity index is 1.69. The molecule has 4 nitrogen and oxygen atoms in total. The number of hydrogen-bond acceptors (Lipinski definition) is 4. The van der Waals surface area contributed by atoms with E-state index in [0.29, 0.717) is 6.04 Å². The number of β-amino-alcohol motifs (C(OH)–C–C–N with tert-alkyl or cyclic N) is 1. The minimum Gasteiger partial charge on any atom is -0.392 e. The van der Waals surface area contributed by atoms with Crippen molar-refractivity contribution >= 4 is 0 Å². The number of aliphatic hydroxyl groups excluding tert-OH is 1. The Bertz CT molecular complexity index is 331. The molecule has 0 bridgehead atoms. The van der Waals surface area contributed by atoms with Gasteiger partial charge in [0.25, 0.3) is 0 Å². The molecule has 2 N–H and O–H groups in total. The molecule has 1 aromatic rings. The van der Waals surface area contributed by atoms with Crippen molar-refractivity contribution in [3.8, 4) is 0 Å². The van der Waals surface area contributed by atoms with E-state index in [1.54, 1.807) is 0 Å². The Morgan fingerprint density at radius 3 is 2.88 bits per heavy atom. The SMILES string of the molecule is CN(CCc1ccncc1)CC1CC(O)CN1. The van der Waals surface area contributed by atoms with Gasteiger partial charge in [0.05, 0.1) is 6.10 Å². The van der Waals surface area contributed by atoms with Crippen LogP contribution in [0.15, 0.2) is 24.5 Å². The van der Waals surface area contributed by atoms with E-state index in [0.717, 1.165) is 32.5 Å². The number of nitrogens with one attached hydrogen (secondary N) is 1. The lowest BCUT2D eigenvalue weighted by atomic mass is 10.1. The van der Waals surface area contributed by atoms with E-state index in [1.807, 2.05) is 12.4 Å². The van der Waals surface area contributed by atoms with Gasteiger partial charge in [-0.15, -0.1) is 0 Å². The molecule has 2 unspecified atom stereocenters. The number of aromatic nitrogens is 1. The molecule has 0 amide bonds. The monoisotopic (exact) mass is 235 g/mol. The second-order valence-corrected chi connectivity index (χ2v) is 4.86. The molecule has 94 valence electrons. The highest BCUT2D eigenvalue weighted by molar-refractivity contribution is 5.09. The maximum Gasteiger partial charge on any atom is 0.0680 e. The first-order chi connectivity index (χ1) is 8.24. The molecular formula is C13H21N3O. The second-order valence-electron chi connectivity index (χ2n) is 4.86. The van der Waals surface area contributed by atoms with Crippen molar-refractivity contribution in [2.45, 2.75) is 25.0 Å². The molecule has 1 aliphatic heterocycles. The van der Waals surface area contributed by atoms with Crippen LogP contribution in [0.5, 0.6) is 0 Å². The lowest BCUT2D eigenvalue weighted by Crippen LogP contribution is -2.36. The van der Waals surface area contributed by atoms with Crippen LogP contribution in [0.4, 0.5) is 0 Å². The van der Waals surface area contributed by atoms with Crippen LogP contribution in [0.2, 0.25) is 0 Å². The van der Waals surface area contributed by atoms with Gasteiger partial charge in [-0.25, -0.2) is 0 Å². The van der Waals surface area contributed by atoms with Gasteiger partial charge in [-0.05, 0) is 37.6 Å². The summed E-state index contributed by atoms with van der Waals surface area (Å²) in [6.45, 7) is 2.78. The highest BCUT2D eigenvalue weighted by Gasteiger charge is 2.22.